The Morgan fingerprint density at radius 3 is 2.96 bits per heavy atom. The fourth-order valence-corrected chi connectivity index (χ4v) is 2.66. The van der Waals surface area contributed by atoms with Crippen LogP contribution in [0.5, 0.6) is 0 Å². The molecular weight excluding hydrogens is 325 g/mol. The summed E-state index contributed by atoms with van der Waals surface area (Å²) < 4.78 is 16.2. The molecule has 9 nitrogen and oxygen atoms in total. The lowest BCUT2D eigenvalue weighted by molar-refractivity contribution is -0.389. The largest absolute Gasteiger partial charge is 0.389 e. The van der Waals surface area contributed by atoms with E-state index in [-0.39, 0.29) is 11.6 Å². The van der Waals surface area contributed by atoms with E-state index in [0.717, 1.165) is 0 Å². The summed E-state index contributed by atoms with van der Waals surface area (Å²) in [5.74, 6) is -0.0217. The molecular formula is C12H10FN7O2S. The molecule has 0 fully saturated rings. The Kier molecular flexibility index (Phi) is 4.28. The second-order valence-corrected chi connectivity index (χ2v) is 5.46. The lowest BCUT2D eigenvalue weighted by atomic mass is 10.3. The number of aryl methyl sites for hydroxylation is 1. The molecule has 118 valence electrons. The Labute approximate surface area is 133 Å². The number of benzene rings is 1. The van der Waals surface area contributed by atoms with E-state index in [0.29, 0.717) is 23.1 Å². The van der Waals surface area contributed by atoms with Crippen molar-refractivity contribution in [1.29, 1.82) is 0 Å². The van der Waals surface area contributed by atoms with Crippen molar-refractivity contribution in [2.45, 2.75) is 11.7 Å². The van der Waals surface area contributed by atoms with E-state index in [9.17, 15) is 14.5 Å². The maximum atomic E-state index is 13.3. The van der Waals surface area contributed by atoms with Crippen molar-refractivity contribution in [3.63, 3.8) is 0 Å². The van der Waals surface area contributed by atoms with E-state index in [4.69, 9.17) is 0 Å². The lowest BCUT2D eigenvalue weighted by Crippen LogP contribution is -2.04. The first-order valence-corrected chi connectivity index (χ1v) is 7.47. The maximum Gasteiger partial charge on any atom is 0.389 e. The number of nitro groups is 1. The average molecular weight is 335 g/mol. The van der Waals surface area contributed by atoms with Gasteiger partial charge in [0.2, 0.25) is 5.16 Å². The first kappa shape index (κ1) is 15.1. The first-order valence-electron chi connectivity index (χ1n) is 6.48. The fourth-order valence-electron chi connectivity index (χ4n) is 1.84. The SMILES string of the molecule is O=[N+]([O-])c1ccn(CCSc2nnnn2-c2cccc(F)c2)n1. The standard InChI is InChI=1S/C12H10FN7O2S/c13-9-2-1-3-10(8-9)19-12(14-16-17-19)23-7-6-18-5-4-11(15-18)20(21)22/h1-5,8H,6-7H2. The van der Waals surface area contributed by atoms with Crippen LogP contribution in [-0.4, -0.2) is 40.7 Å². The van der Waals surface area contributed by atoms with E-state index in [1.165, 1.54) is 45.5 Å². The average Bonchev–Trinajstić information content (AvgIpc) is 3.16. The summed E-state index contributed by atoms with van der Waals surface area (Å²) in [5, 5.41) is 26.2. The van der Waals surface area contributed by atoms with Gasteiger partial charge in [0, 0.05) is 5.75 Å². The quantitative estimate of drug-likeness (QED) is 0.383. The van der Waals surface area contributed by atoms with Crippen LogP contribution >= 0.6 is 11.8 Å². The Morgan fingerprint density at radius 2 is 2.22 bits per heavy atom. The van der Waals surface area contributed by atoms with Gasteiger partial charge in [0.15, 0.2) is 0 Å². The minimum Gasteiger partial charge on any atom is -0.358 e. The number of hydrogen-bond donors (Lipinski definition) is 0. The second-order valence-electron chi connectivity index (χ2n) is 4.40. The van der Waals surface area contributed by atoms with Gasteiger partial charge in [-0.25, -0.2) is 4.39 Å². The molecule has 0 bridgehead atoms. The Balaban J connectivity index is 1.65. The van der Waals surface area contributed by atoms with Gasteiger partial charge < -0.3 is 10.1 Å². The molecule has 0 saturated heterocycles. The fraction of sp³-hybridized carbons (Fsp3) is 0.167. The van der Waals surface area contributed by atoms with Crippen molar-refractivity contribution in [2.75, 3.05) is 5.75 Å². The summed E-state index contributed by atoms with van der Waals surface area (Å²) in [5.41, 5.74) is 0.521. The molecule has 0 saturated carbocycles. The lowest BCUT2D eigenvalue weighted by Gasteiger charge is -2.03. The number of thioether (sulfide) groups is 1. The molecule has 0 spiro atoms. The number of nitrogens with zero attached hydrogens (tertiary/aromatic N) is 7. The summed E-state index contributed by atoms with van der Waals surface area (Å²) in [6.07, 6.45) is 1.54. The van der Waals surface area contributed by atoms with Gasteiger partial charge in [0.25, 0.3) is 0 Å². The van der Waals surface area contributed by atoms with E-state index in [1.54, 1.807) is 12.1 Å². The van der Waals surface area contributed by atoms with Gasteiger partial charge in [0.05, 0.1) is 29.6 Å². The van der Waals surface area contributed by atoms with Crippen LogP contribution in [0.25, 0.3) is 5.69 Å². The van der Waals surface area contributed by atoms with Crippen LogP contribution < -0.4 is 0 Å². The van der Waals surface area contributed by atoms with E-state index >= 15 is 0 Å². The molecule has 0 atom stereocenters. The number of tetrazole rings is 1. The Bertz CT molecular complexity index is 834. The van der Waals surface area contributed by atoms with Crippen molar-refractivity contribution in [2.24, 2.45) is 0 Å². The molecule has 0 aliphatic carbocycles. The van der Waals surface area contributed by atoms with Crippen molar-refractivity contribution >= 4 is 17.6 Å². The molecule has 0 amide bonds. The zero-order valence-corrected chi connectivity index (χ0v) is 12.4. The zero-order chi connectivity index (χ0) is 16.2. The Hall–Kier alpha value is -2.82. The van der Waals surface area contributed by atoms with Crippen molar-refractivity contribution in [1.82, 2.24) is 30.0 Å². The zero-order valence-electron chi connectivity index (χ0n) is 11.6. The predicted octanol–water partition coefficient (Wildman–Crippen LogP) is 1.70. The van der Waals surface area contributed by atoms with Crippen LogP contribution in [0.2, 0.25) is 0 Å². The van der Waals surface area contributed by atoms with Gasteiger partial charge in [-0.1, -0.05) is 17.8 Å². The molecule has 2 aromatic heterocycles. The van der Waals surface area contributed by atoms with E-state index < -0.39 is 4.92 Å². The molecule has 2 heterocycles. The number of aromatic nitrogens is 6. The molecule has 1 aromatic carbocycles. The van der Waals surface area contributed by atoms with Crippen LogP contribution in [0, 0.1) is 15.9 Å². The topological polar surface area (TPSA) is 105 Å². The maximum absolute atomic E-state index is 13.3. The summed E-state index contributed by atoms with van der Waals surface area (Å²) >= 11 is 1.34. The minimum atomic E-state index is -0.547. The van der Waals surface area contributed by atoms with Crippen LogP contribution in [-0.2, 0) is 6.54 Å². The van der Waals surface area contributed by atoms with E-state index in [1.807, 2.05) is 0 Å². The number of hydrogen-bond acceptors (Lipinski definition) is 7. The summed E-state index contributed by atoms with van der Waals surface area (Å²) in [4.78, 5) is 10.0. The molecule has 11 heteroatoms. The second kappa shape index (κ2) is 6.52. The summed E-state index contributed by atoms with van der Waals surface area (Å²) in [6, 6.07) is 7.27. The van der Waals surface area contributed by atoms with Gasteiger partial charge in [-0.15, -0.1) is 5.10 Å². The number of halogens is 1. The molecule has 0 aliphatic rings. The van der Waals surface area contributed by atoms with Gasteiger partial charge in [-0.3, -0.25) is 0 Å². The van der Waals surface area contributed by atoms with Crippen molar-refractivity contribution in [3.05, 3.63) is 52.5 Å². The van der Waals surface area contributed by atoms with Gasteiger partial charge >= 0.3 is 5.82 Å². The van der Waals surface area contributed by atoms with Crippen LogP contribution in [0.1, 0.15) is 0 Å². The van der Waals surface area contributed by atoms with Crippen LogP contribution in [0.15, 0.2) is 41.7 Å². The molecule has 0 unspecified atom stereocenters. The van der Waals surface area contributed by atoms with Gasteiger partial charge in [0.1, 0.15) is 5.82 Å². The minimum absolute atomic E-state index is 0.195. The molecule has 3 rings (SSSR count). The van der Waals surface area contributed by atoms with Crippen LogP contribution in [0.3, 0.4) is 0 Å². The molecule has 0 aliphatic heterocycles. The molecule has 0 radical (unpaired) electrons. The third-order valence-electron chi connectivity index (χ3n) is 2.86. The first-order chi connectivity index (χ1) is 11.1. The van der Waals surface area contributed by atoms with Crippen molar-refractivity contribution < 1.29 is 9.31 Å². The van der Waals surface area contributed by atoms with E-state index in [2.05, 4.69) is 20.6 Å². The Morgan fingerprint density at radius 1 is 1.35 bits per heavy atom. The van der Waals surface area contributed by atoms with Gasteiger partial charge in [-0.05, 0) is 33.5 Å². The monoisotopic (exact) mass is 335 g/mol. The predicted molar refractivity (Wildman–Crippen MR) is 78.7 cm³/mol. The molecule has 23 heavy (non-hydrogen) atoms. The smallest absolute Gasteiger partial charge is 0.358 e. The highest BCUT2D eigenvalue weighted by Gasteiger charge is 2.12. The van der Waals surface area contributed by atoms with Gasteiger partial charge in [-0.2, -0.15) is 9.36 Å². The number of rotatable bonds is 6. The highest BCUT2D eigenvalue weighted by Crippen LogP contribution is 2.19. The third-order valence-corrected chi connectivity index (χ3v) is 3.76. The summed E-state index contributed by atoms with van der Waals surface area (Å²) in [6.45, 7) is 0.453. The highest BCUT2D eigenvalue weighted by atomic mass is 32.2. The van der Waals surface area contributed by atoms with Crippen LogP contribution in [0.4, 0.5) is 10.2 Å². The summed E-state index contributed by atoms with van der Waals surface area (Å²) in [7, 11) is 0. The third kappa shape index (κ3) is 3.51. The van der Waals surface area contributed by atoms with Crippen molar-refractivity contribution in [3.8, 4) is 5.69 Å². The molecule has 3 aromatic rings. The normalized spacial score (nSPS) is 10.8. The molecule has 0 N–H and O–H groups in total. The highest BCUT2D eigenvalue weighted by molar-refractivity contribution is 7.99.